The van der Waals surface area contributed by atoms with E-state index in [0.717, 1.165) is 10.2 Å². The number of carbonyl (C=O) groups is 1. The smallest absolute Gasteiger partial charge is 0.438 e. The molecule has 1 atom stereocenters. The first-order valence-corrected chi connectivity index (χ1v) is 8.34. The Balaban J connectivity index is 1.86. The Labute approximate surface area is 165 Å². The number of halogens is 6. The number of hydrazone groups is 1. The monoisotopic (exact) mass is 436 g/mol. The third-order valence-corrected chi connectivity index (χ3v) is 4.20. The van der Waals surface area contributed by atoms with Gasteiger partial charge in [0, 0.05) is 18.7 Å². The summed E-state index contributed by atoms with van der Waals surface area (Å²) in [6.45, 7) is 0.632. The Morgan fingerprint density at radius 3 is 2.40 bits per heavy atom. The summed E-state index contributed by atoms with van der Waals surface area (Å²) in [6.07, 6.45) is -10.3. The van der Waals surface area contributed by atoms with Crippen LogP contribution in [0, 0.1) is 6.92 Å². The van der Waals surface area contributed by atoms with E-state index in [1.807, 2.05) is 0 Å². The van der Waals surface area contributed by atoms with Crippen LogP contribution < -0.4 is 4.74 Å². The van der Waals surface area contributed by atoms with Crippen LogP contribution in [0.25, 0.3) is 5.69 Å². The Hall–Kier alpha value is -3.09. The van der Waals surface area contributed by atoms with E-state index in [-0.39, 0.29) is 10.7 Å². The van der Waals surface area contributed by atoms with Gasteiger partial charge in [-0.1, -0.05) is 17.7 Å². The van der Waals surface area contributed by atoms with Crippen LogP contribution in [0.2, 0.25) is 0 Å². The van der Waals surface area contributed by atoms with Gasteiger partial charge in [-0.2, -0.15) is 41.6 Å². The van der Waals surface area contributed by atoms with Crippen molar-refractivity contribution in [2.75, 3.05) is 6.61 Å². The van der Waals surface area contributed by atoms with E-state index in [2.05, 4.69) is 10.2 Å². The number of alkyl halides is 6. The van der Waals surface area contributed by atoms with Crippen LogP contribution in [0.1, 0.15) is 17.7 Å². The Bertz CT molecular complexity index is 967. The molecule has 0 bridgehead atoms. The highest BCUT2D eigenvalue weighted by molar-refractivity contribution is 5.81. The molecular weight excluding hydrogens is 422 g/mol. The van der Waals surface area contributed by atoms with Crippen molar-refractivity contribution in [3.05, 3.63) is 41.6 Å². The fraction of sp³-hybridized carbons (Fsp3) is 0.353. The number of hydrogen-bond donors (Lipinski definition) is 1. The lowest BCUT2D eigenvalue weighted by molar-refractivity contribution is -0.302. The molecule has 2 heterocycles. The molecule has 1 aromatic heterocycles. The standard InChI is InChI=1S/C17H14F6N4O3/c1-10-2-4-11(5-3-10)26-14(8-12(25-26)16(18,19)20)30-9-13(28)27-15(29,6-7-24-27)17(21,22)23/h2-5,7-8,29H,6,9H2,1H3/t15-/m0/s1. The summed E-state index contributed by atoms with van der Waals surface area (Å²) in [5, 5.41) is 16.2. The summed E-state index contributed by atoms with van der Waals surface area (Å²) < 4.78 is 84.2. The Morgan fingerprint density at radius 2 is 1.83 bits per heavy atom. The lowest BCUT2D eigenvalue weighted by atomic mass is 10.1. The predicted molar refractivity (Wildman–Crippen MR) is 89.8 cm³/mol. The zero-order chi connectivity index (χ0) is 22.3. The highest BCUT2D eigenvalue weighted by atomic mass is 19.4. The van der Waals surface area contributed by atoms with E-state index in [4.69, 9.17) is 4.74 Å². The van der Waals surface area contributed by atoms with Crippen LogP contribution in [0.15, 0.2) is 35.4 Å². The van der Waals surface area contributed by atoms with Crippen molar-refractivity contribution in [2.45, 2.75) is 31.4 Å². The second-order valence-electron chi connectivity index (χ2n) is 6.42. The molecule has 7 nitrogen and oxygen atoms in total. The number of aliphatic hydroxyl groups is 1. The second kappa shape index (κ2) is 7.31. The molecule has 1 N–H and O–H groups in total. The van der Waals surface area contributed by atoms with E-state index in [1.54, 1.807) is 19.1 Å². The summed E-state index contributed by atoms with van der Waals surface area (Å²) in [4.78, 5) is 12.2. The Kier molecular flexibility index (Phi) is 5.26. The van der Waals surface area contributed by atoms with Crippen molar-refractivity contribution in [1.29, 1.82) is 0 Å². The van der Waals surface area contributed by atoms with Crippen LogP contribution in [0.4, 0.5) is 26.3 Å². The van der Waals surface area contributed by atoms with Gasteiger partial charge in [-0.3, -0.25) is 4.79 Å². The summed E-state index contributed by atoms with van der Waals surface area (Å²) in [7, 11) is 0. The maximum absolute atomic E-state index is 13.1. The fourth-order valence-corrected chi connectivity index (χ4v) is 2.61. The van der Waals surface area contributed by atoms with Crippen molar-refractivity contribution < 1.29 is 41.0 Å². The summed E-state index contributed by atoms with van der Waals surface area (Å²) in [5.41, 5.74) is -3.89. The molecule has 1 amide bonds. The normalized spacial score (nSPS) is 19.4. The number of nitrogens with zero attached hydrogens (tertiary/aromatic N) is 4. The van der Waals surface area contributed by atoms with Crippen molar-refractivity contribution in [3.8, 4) is 11.6 Å². The average molecular weight is 436 g/mol. The number of hydrogen-bond acceptors (Lipinski definition) is 5. The molecule has 0 spiro atoms. The molecule has 0 unspecified atom stereocenters. The van der Waals surface area contributed by atoms with Gasteiger partial charge < -0.3 is 9.84 Å². The number of carbonyl (C=O) groups excluding carboxylic acids is 1. The van der Waals surface area contributed by atoms with Crippen molar-refractivity contribution in [1.82, 2.24) is 14.8 Å². The molecule has 0 saturated heterocycles. The van der Waals surface area contributed by atoms with Gasteiger partial charge in [-0.05, 0) is 19.1 Å². The van der Waals surface area contributed by atoms with Crippen molar-refractivity contribution in [3.63, 3.8) is 0 Å². The third-order valence-electron chi connectivity index (χ3n) is 4.20. The maximum atomic E-state index is 13.1. The molecule has 3 rings (SSSR count). The molecule has 0 saturated carbocycles. The van der Waals surface area contributed by atoms with Gasteiger partial charge in [0.25, 0.3) is 11.6 Å². The van der Waals surface area contributed by atoms with Crippen LogP contribution in [0.5, 0.6) is 5.88 Å². The van der Waals surface area contributed by atoms with Crippen LogP contribution in [-0.4, -0.2) is 50.5 Å². The largest absolute Gasteiger partial charge is 0.467 e. The zero-order valence-electron chi connectivity index (χ0n) is 15.2. The zero-order valence-corrected chi connectivity index (χ0v) is 15.2. The second-order valence-corrected chi connectivity index (χ2v) is 6.42. The van der Waals surface area contributed by atoms with E-state index < -0.39 is 48.6 Å². The number of aryl methyl sites for hydroxylation is 1. The van der Waals surface area contributed by atoms with E-state index in [0.29, 0.717) is 12.3 Å². The minimum Gasteiger partial charge on any atom is -0.467 e. The summed E-state index contributed by atoms with van der Waals surface area (Å²) >= 11 is 0. The predicted octanol–water partition coefficient (Wildman–Crippen LogP) is 3.05. The fourth-order valence-electron chi connectivity index (χ4n) is 2.61. The van der Waals surface area contributed by atoms with E-state index >= 15 is 0 Å². The molecule has 1 aromatic carbocycles. The summed E-state index contributed by atoms with van der Waals surface area (Å²) in [5.74, 6) is -1.94. The third kappa shape index (κ3) is 3.97. The molecule has 0 aliphatic carbocycles. The summed E-state index contributed by atoms with van der Waals surface area (Å²) in [6, 6.07) is 6.61. The number of aromatic nitrogens is 2. The maximum Gasteiger partial charge on any atom is 0.438 e. The molecule has 0 fully saturated rings. The SMILES string of the molecule is Cc1ccc(-n2nc(C(F)(F)F)cc2OCC(=O)N2N=CC[C@]2(O)C(F)(F)F)cc1. The van der Waals surface area contributed by atoms with Gasteiger partial charge in [-0.15, -0.1) is 0 Å². The molecular formula is C17H14F6N4O3. The van der Waals surface area contributed by atoms with Crippen molar-refractivity contribution >= 4 is 12.1 Å². The Morgan fingerprint density at radius 1 is 1.20 bits per heavy atom. The molecule has 162 valence electrons. The van der Waals surface area contributed by atoms with E-state index in [1.165, 1.54) is 12.1 Å². The number of ether oxygens (including phenoxy) is 1. The van der Waals surface area contributed by atoms with Crippen LogP contribution >= 0.6 is 0 Å². The van der Waals surface area contributed by atoms with E-state index in [9.17, 15) is 36.2 Å². The first kappa shape index (κ1) is 21.6. The quantitative estimate of drug-likeness (QED) is 0.748. The minimum absolute atomic E-state index is 0.171. The number of amides is 1. The van der Waals surface area contributed by atoms with Crippen LogP contribution in [0.3, 0.4) is 0 Å². The molecule has 13 heteroatoms. The lowest BCUT2D eigenvalue weighted by Gasteiger charge is -2.32. The topological polar surface area (TPSA) is 80.0 Å². The van der Waals surface area contributed by atoms with Gasteiger partial charge in [0.05, 0.1) is 5.69 Å². The van der Waals surface area contributed by atoms with Gasteiger partial charge in [0.15, 0.2) is 12.3 Å². The van der Waals surface area contributed by atoms with Gasteiger partial charge in [0.2, 0.25) is 5.88 Å². The van der Waals surface area contributed by atoms with Gasteiger partial charge in [0.1, 0.15) is 0 Å². The minimum atomic E-state index is -5.20. The van der Waals surface area contributed by atoms with Crippen LogP contribution in [-0.2, 0) is 11.0 Å². The van der Waals surface area contributed by atoms with Gasteiger partial charge >= 0.3 is 12.4 Å². The number of rotatable bonds is 4. The molecule has 0 radical (unpaired) electrons. The molecule has 30 heavy (non-hydrogen) atoms. The first-order valence-electron chi connectivity index (χ1n) is 8.34. The number of benzene rings is 1. The van der Waals surface area contributed by atoms with Crippen molar-refractivity contribution in [2.24, 2.45) is 5.10 Å². The highest BCUT2D eigenvalue weighted by Crippen LogP contribution is 2.38. The molecule has 2 aromatic rings. The first-order chi connectivity index (χ1) is 13.8. The van der Waals surface area contributed by atoms with Gasteiger partial charge in [-0.25, -0.2) is 4.68 Å². The average Bonchev–Trinajstić information content (AvgIpc) is 3.24. The molecule has 1 aliphatic rings. The highest BCUT2D eigenvalue weighted by Gasteiger charge is 2.61. The molecule has 1 aliphatic heterocycles. The lowest BCUT2D eigenvalue weighted by Crippen LogP contribution is -2.57.